The van der Waals surface area contributed by atoms with Gasteiger partial charge in [-0.05, 0) is 24.7 Å². The molecule has 0 radical (unpaired) electrons. The summed E-state index contributed by atoms with van der Waals surface area (Å²) in [4.78, 5) is 23.0. The zero-order valence-corrected chi connectivity index (χ0v) is 16.1. The number of aliphatic carboxylic acids is 2. The SMILES string of the molecule is CC(C)CCCCCC(CCCCCC(C)C)(CC(=O)O)C(=O)O. The van der Waals surface area contributed by atoms with Gasteiger partial charge in [-0.1, -0.05) is 79.1 Å². The molecule has 0 saturated carbocycles. The van der Waals surface area contributed by atoms with Gasteiger partial charge in [0.2, 0.25) is 0 Å². The Kier molecular flexibility index (Phi) is 11.8. The van der Waals surface area contributed by atoms with Crippen LogP contribution in [-0.4, -0.2) is 22.2 Å². The Morgan fingerprint density at radius 1 is 0.750 bits per heavy atom. The fourth-order valence-corrected chi connectivity index (χ4v) is 3.27. The topological polar surface area (TPSA) is 74.6 Å². The Bertz CT molecular complexity index is 343. The van der Waals surface area contributed by atoms with Gasteiger partial charge in [0.15, 0.2) is 0 Å². The first-order chi connectivity index (χ1) is 11.2. The maximum absolute atomic E-state index is 11.8. The van der Waals surface area contributed by atoms with Crippen LogP contribution in [0.2, 0.25) is 0 Å². The standard InChI is InChI=1S/C20H38O4/c1-16(2)11-7-5-9-13-20(19(23)24,15-18(21)22)14-10-6-8-12-17(3)4/h16-17H,5-15H2,1-4H3,(H,21,22)(H,23,24). The quantitative estimate of drug-likeness (QED) is 0.372. The number of hydrogen-bond acceptors (Lipinski definition) is 2. The van der Waals surface area contributed by atoms with Gasteiger partial charge in [0.05, 0.1) is 11.8 Å². The smallest absolute Gasteiger partial charge is 0.310 e. The van der Waals surface area contributed by atoms with Crippen LogP contribution in [0.4, 0.5) is 0 Å². The lowest BCUT2D eigenvalue weighted by molar-refractivity contribution is -0.157. The van der Waals surface area contributed by atoms with Gasteiger partial charge in [-0.3, -0.25) is 9.59 Å². The third-order valence-electron chi connectivity index (χ3n) is 4.82. The van der Waals surface area contributed by atoms with E-state index >= 15 is 0 Å². The van der Waals surface area contributed by atoms with Crippen molar-refractivity contribution in [2.24, 2.45) is 17.3 Å². The van der Waals surface area contributed by atoms with E-state index in [0.29, 0.717) is 24.7 Å². The van der Waals surface area contributed by atoms with Gasteiger partial charge in [-0.15, -0.1) is 0 Å². The third kappa shape index (κ3) is 10.7. The van der Waals surface area contributed by atoms with E-state index in [1.54, 1.807) is 0 Å². The van der Waals surface area contributed by atoms with E-state index < -0.39 is 17.4 Å². The highest BCUT2D eigenvalue weighted by atomic mass is 16.4. The molecule has 2 N–H and O–H groups in total. The molecule has 0 aromatic heterocycles. The monoisotopic (exact) mass is 342 g/mol. The van der Waals surface area contributed by atoms with Crippen molar-refractivity contribution in [3.8, 4) is 0 Å². The van der Waals surface area contributed by atoms with Gasteiger partial charge in [-0.25, -0.2) is 0 Å². The minimum Gasteiger partial charge on any atom is -0.481 e. The van der Waals surface area contributed by atoms with E-state index in [9.17, 15) is 19.8 Å². The molecule has 142 valence electrons. The molecule has 0 rings (SSSR count). The van der Waals surface area contributed by atoms with Crippen LogP contribution in [0, 0.1) is 17.3 Å². The molecule has 4 heteroatoms. The van der Waals surface area contributed by atoms with E-state index in [1.165, 1.54) is 0 Å². The van der Waals surface area contributed by atoms with Crippen molar-refractivity contribution in [1.82, 2.24) is 0 Å². The first-order valence-corrected chi connectivity index (χ1v) is 9.65. The Labute approximate surface area is 148 Å². The van der Waals surface area contributed by atoms with Crippen molar-refractivity contribution in [2.45, 2.75) is 98.3 Å². The molecule has 0 aromatic rings. The number of hydrogen-bond donors (Lipinski definition) is 2. The summed E-state index contributed by atoms with van der Waals surface area (Å²) in [6, 6.07) is 0. The lowest BCUT2D eigenvalue weighted by atomic mass is 9.75. The molecule has 0 bridgehead atoms. The summed E-state index contributed by atoms with van der Waals surface area (Å²) < 4.78 is 0. The fraction of sp³-hybridized carbons (Fsp3) is 0.900. The Hall–Kier alpha value is -1.06. The Morgan fingerprint density at radius 2 is 1.17 bits per heavy atom. The minimum atomic E-state index is -1.08. The van der Waals surface area contributed by atoms with E-state index in [0.717, 1.165) is 51.4 Å². The summed E-state index contributed by atoms with van der Waals surface area (Å²) in [7, 11) is 0. The van der Waals surface area contributed by atoms with Crippen LogP contribution in [0.15, 0.2) is 0 Å². The van der Waals surface area contributed by atoms with Crippen LogP contribution in [0.3, 0.4) is 0 Å². The normalized spacial score (nSPS) is 12.1. The summed E-state index contributed by atoms with van der Waals surface area (Å²) in [6.07, 6.45) is 8.77. The molecule has 0 fully saturated rings. The van der Waals surface area contributed by atoms with E-state index in [-0.39, 0.29) is 6.42 Å². The highest BCUT2D eigenvalue weighted by Crippen LogP contribution is 2.36. The predicted molar refractivity (Wildman–Crippen MR) is 98.2 cm³/mol. The van der Waals surface area contributed by atoms with Crippen molar-refractivity contribution in [2.75, 3.05) is 0 Å². The maximum atomic E-state index is 11.8. The molecule has 0 aliphatic heterocycles. The molecule has 4 nitrogen and oxygen atoms in total. The summed E-state index contributed by atoms with van der Waals surface area (Å²) in [5.41, 5.74) is -1.08. The zero-order valence-electron chi connectivity index (χ0n) is 16.1. The molecule has 0 atom stereocenters. The van der Waals surface area contributed by atoms with Crippen LogP contribution < -0.4 is 0 Å². The summed E-state index contributed by atoms with van der Waals surface area (Å²) in [5.74, 6) is -0.609. The summed E-state index contributed by atoms with van der Waals surface area (Å²) >= 11 is 0. The highest BCUT2D eigenvalue weighted by molar-refractivity contribution is 5.81. The van der Waals surface area contributed by atoms with Gasteiger partial charge in [0, 0.05) is 0 Å². The Morgan fingerprint density at radius 3 is 1.46 bits per heavy atom. The van der Waals surface area contributed by atoms with Gasteiger partial charge in [-0.2, -0.15) is 0 Å². The number of carboxylic acid groups (broad SMARTS) is 2. The number of rotatable bonds is 15. The second-order valence-electron chi connectivity index (χ2n) is 8.14. The average Bonchev–Trinajstić information content (AvgIpc) is 2.44. The van der Waals surface area contributed by atoms with E-state index in [4.69, 9.17) is 0 Å². The highest BCUT2D eigenvalue weighted by Gasteiger charge is 2.39. The third-order valence-corrected chi connectivity index (χ3v) is 4.82. The van der Waals surface area contributed by atoms with Crippen LogP contribution in [-0.2, 0) is 9.59 Å². The zero-order chi connectivity index (χ0) is 18.6. The molecule has 0 aliphatic rings. The van der Waals surface area contributed by atoms with E-state index in [2.05, 4.69) is 27.7 Å². The maximum Gasteiger partial charge on any atom is 0.310 e. The van der Waals surface area contributed by atoms with Crippen molar-refractivity contribution < 1.29 is 19.8 Å². The van der Waals surface area contributed by atoms with Crippen molar-refractivity contribution in [3.63, 3.8) is 0 Å². The first kappa shape index (κ1) is 22.9. The lowest BCUT2D eigenvalue weighted by Gasteiger charge is -2.28. The summed E-state index contributed by atoms with van der Waals surface area (Å²) in [5, 5.41) is 18.9. The van der Waals surface area contributed by atoms with Gasteiger partial charge >= 0.3 is 11.9 Å². The van der Waals surface area contributed by atoms with E-state index in [1.807, 2.05) is 0 Å². The van der Waals surface area contributed by atoms with Crippen molar-refractivity contribution in [3.05, 3.63) is 0 Å². The molecule has 0 spiro atoms. The van der Waals surface area contributed by atoms with Gasteiger partial charge < -0.3 is 10.2 Å². The van der Waals surface area contributed by atoms with Crippen LogP contribution in [0.5, 0.6) is 0 Å². The number of carboxylic acids is 2. The van der Waals surface area contributed by atoms with Crippen LogP contribution in [0.25, 0.3) is 0 Å². The molecular weight excluding hydrogens is 304 g/mol. The predicted octanol–water partition coefficient (Wildman–Crippen LogP) is 5.75. The molecule has 0 amide bonds. The molecular formula is C20H38O4. The molecule has 0 unspecified atom stereocenters. The molecule has 0 heterocycles. The largest absolute Gasteiger partial charge is 0.481 e. The lowest BCUT2D eigenvalue weighted by Crippen LogP contribution is -2.33. The van der Waals surface area contributed by atoms with Crippen LogP contribution >= 0.6 is 0 Å². The number of unbranched alkanes of at least 4 members (excludes halogenated alkanes) is 4. The molecule has 0 saturated heterocycles. The number of carbonyl (C=O) groups is 2. The molecule has 0 aliphatic carbocycles. The van der Waals surface area contributed by atoms with Crippen LogP contribution in [0.1, 0.15) is 98.3 Å². The first-order valence-electron chi connectivity index (χ1n) is 9.65. The second kappa shape index (κ2) is 12.3. The summed E-state index contributed by atoms with van der Waals surface area (Å²) in [6.45, 7) is 8.73. The molecule has 0 aromatic carbocycles. The van der Waals surface area contributed by atoms with Gasteiger partial charge in [0.25, 0.3) is 0 Å². The fourth-order valence-electron chi connectivity index (χ4n) is 3.27. The van der Waals surface area contributed by atoms with Gasteiger partial charge in [0.1, 0.15) is 0 Å². The van der Waals surface area contributed by atoms with Crippen molar-refractivity contribution >= 4 is 11.9 Å². The van der Waals surface area contributed by atoms with Crippen molar-refractivity contribution in [1.29, 1.82) is 0 Å². The average molecular weight is 343 g/mol. The second-order valence-corrected chi connectivity index (χ2v) is 8.14. The minimum absolute atomic E-state index is 0.253. The molecule has 24 heavy (non-hydrogen) atoms. The Balaban J connectivity index is 4.51.